The van der Waals surface area contributed by atoms with E-state index >= 15 is 0 Å². The summed E-state index contributed by atoms with van der Waals surface area (Å²) in [7, 11) is 0. The van der Waals surface area contributed by atoms with Crippen molar-refractivity contribution in [3.8, 4) is 11.3 Å². The molecule has 0 unspecified atom stereocenters. The van der Waals surface area contributed by atoms with Gasteiger partial charge in [0.15, 0.2) is 5.13 Å². The maximum atomic E-state index is 12.9. The van der Waals surface area contributed by atoms with Crippen LogP contribution in [0.4, 0.5) is 5.13 Å². The minimum atomic E-state index is -0.468. The van der Waals surface area contributed by atoms with Gasteiger partial charge in [-0.1, -0.05) is 29.8 Å². The molecule has 0 radical (unpaired) electrons. The maximum absolute atomic E-state index is 12.9. The van der Waals surface area contributed by atoms with E-state index in [-0.39, 0.29) is 11.0 Å². The standard InChI is InChI=1S/C22H20N4O2S/c1-4-26-11-17(19(27)16-10-7-14(3)23-20(16)26)21(28)25-22-24-18(12-29-22)15-8-5-13(2)6-9-15/h5-12H,4H2,1-3H3,(H,24,25,28). The maximum Gasteiger partial charge on any atom is 0.262 e. The van der Waals surface area contributed by atoms with E-state index < -0.39 is 5.91 Å². The van der Waals surface area contributed by atoms with E-state index in [0.29, 0.717) is 22.7 Å². The molecule has 146 valence electrons. The highest BCUT2D eigenvalue weighted by Crippen LogP contribution is 2.25. The molecule has 0 spiro atoms. The number of anilines is 1. The highest BCUT2D eigenvalue weighted by atomic mass is 32.1. The van der Waals surface area contributed by atoms with Gasteiger partial charge >= 0.3 is 0 Å². The van der Waals surface area contributed by atoms with E-state index in [0.717, 1.165) is 17.0 Å². The van der Waals surface area contributed by atoms with Crippen molar-refractivity contribution < 1.29 is 4.79 Å². The zero-order chi connectivity index (χ0) is 20.5. The Hall–Kier alpha value is -3.32. The molecule has 0 aliphatic carbocycles. The number of carbonyl (C=O) groups excluding carboxylic acids is 1. The number of carbonyl (C=O) groups is 1. The highest BCUT2D eigenvalue weighted by Gasteiger charge is 2.17. The summed E-state index contributed by atoms with van der Waals surface area (Å²) in [6, 6.07) is 11.5. The molecule has 4 rings (SSSR count). The molecule has 0 atom stereocenters. The second-order valence-corrected chi connectivity index (χ2v) is 7.70. The Morgan fingerprint density at radius 3 is 2.59 bits per heavy atom. The quantitative estimate of drug-likeness (QED) is 0.547. The van der Waals surface area contributed by atoms with Gasteiger partial charge in [-0.2, -0.15) is 0 Å². The average Bonchev–Trinajstić information content (AvgIpc) is 3.17. The normalized spacial score (nSPS) is 11.0. The van der Waals surface area contributed by atoms with Crippen LogP contribution in [0.2, 0.25) is 0 Å². The van der Waals surface area contributed by atoms with Gasteiger partial charge in [-0.3, -0.25) is 14.9 Å². The summed E-state index contributed by atoms with van der Waals surface area (Å²) in [4.78, 5) is 34.6. The fraction of sp³-hybridized carbons (Fsp3) is 0.182. The number of benzene rings is 1. The number of nitrogens with zero attached hydrogens (tertiary/aromatic N) is 3. The Kier molecular flexibility index (Phi) is 4.98. The predicted molar refractivity (Wildman–Crippen MR) is 117 cm³/mol. The molecule has 0 fully saturated rings. The molecular formula is C22H20N4O2S. The fourth-order valence-corrected chi connectivity index (χ4v) is 3.83. The lowest BCUT2D eigenvalue weighted by Crippen LogP contribution is -2.24. The first kappa shape index (κ1) is 19.0. The molecule has 0 aliphatic heterocycles. The molecule has 6 nitrogen and oxygen atoms in total. The van der Waals surface area contributed by atoms with Crippen molar-refractivity contribution in [2.75, 3.05) is 5.32 Å². The van der Waals surface area contributed by atoms with Crippen LogP contribution in [0.1, 0.15) is 28.5 Å². The Bertz CT molecular complexity index is 1270. The lowest BCUT2D eigenvalue weighted by Gasteiger charge is -2.11. The second kappa shape index (κ2) is 7.60. The molecular weight excluding hydrogens is 384 g/mol. The molecule has 0 saturated carbocycles. The minimum Gasteiger partial charge on any atom is -0.332 e. The van der Waals surface area contributed by atoms with Gasteiger partial charge in [-0.15, -0.1) is 11.3 Å². The third kappa shape index (κ3) is 3.69. The summed E-state index contributed by atoms with van der Waals surface area (Å²) in [5.74, 6) is -0.468. The van der Waals surface area contributed by atoms with E-state index in [9.17, 15) is 9.59 Å². The number of thiazole rings is 1. The number of fused-ring (bicyclic) bond motifs is 1. The van der Waals surface area contributed by atoms with E-state index in [1.165, 1.54) is 16.9 Å². The van der Waals surface area contributed by atoms with Crippen LogP contribution in [0.3, 0.4) is 0 Å². The Balaban J connectivity index is 1.66. The largest absolute Gasteiger partial charge is 0.332 e. The zero-order valence-corrected chi connectivity index (χ0v) is 17.2. The third-order valence-electron chi connectivity index (χ3n) is 4.72. The van der Waals surface area contributed by atoms with E-state index in [4.69, 9.17) is 0 Å². The van der Waals surface area contributed by atoms with Crippen LogP contribution >= 0.6 is 11.3 Å². The van der Waals surface area contributed by atoms with E-state index in [2.05, 4.69) is 15.3 Å². The summed E-state index contributed by atoms with van der Waals surface area (Å²) in [6.07, 6.45) is 1.57. The second-order valence-electron chi connectivity index (χ2n) is 6.84. The van der Waals surface area contributed by atoms with Crippen LogP contribution in [0.15, 0.2) is 52.8 Å². The van der Waals surface area contributed by atoms with Gasteiger partial charge in [-0.25, -0.2) is 9.97 Å². The zero-order valence-electron chi connectivity index (χ0n) is 16.4. The number of hydrogen-bond donors (Lipinski definition) is 1. The van der Waals surface area contributed by atoms with Crippen LogP contribution < -0.4 is 10.7 Å². The molecule has 7 heteroatoms. The van der Waals surface area contributed by atoms with Gasteiger partial charge < -0.3 is 4.57 Å². The first-order valence-corrected chi connectivity index (χ1v) is 10.2. The topological polar surface area (TPSA) is 76.9 Å². The molecule has 0 aliphatic rings. The number of nitrogens with one attached hydrogen (secondary N) is 1. The van der Waals surface area contributed by atoms with Gasteiger partial charge in [0, 0.05) is 29.4 Å². The number of hydrogen-bond acceptors (Lipinski definition) is 5. The molecule has 1 amide bonds. The summed E-state index contributed by atoms with van der Waals surface area (Å²) >= 11 is 1.33. The average molecular weight is 404 g/mol. The predicted octanol–water partition coefficient (Wildman–Crippen LogP) is 4.41. The van der Waals surface area contributed by atoms with Gasteiger partial charge in [0.05, 0.1) is 11.1 Å². The van der Waals surface area contributed by atoms with Gasteiger partial charge in [-0.05, 0) is 32.9 Å². The number of amides is 1. The molecule has 3 heterocycles. The van der Waals surface area contributed by atoms with Crippen LogP contribution in [-0.2, 0) is 6.54 Å². The first-order valence-electron chi connectivity index (χ1n) is 9.31. The Morgan fingerprint density at radius 1 is 1.10 bits per heavy atom. The Morgan fingerprint density at radius 2 is 1.86 bits per heavy atom. The van der Waals surface area contributed by atoms with Crippen molar-refractivity contribution >= 4 is 33.4 Å². The van der Waals surface area contributed by atoms with Crippen molar-refractivity contribution in [1.82, 2.24) is 14.5 Å². The van der Waals surface area contributed by atoms with Gasteiger partial charge in [0.1, 0.15) is 11.2 Å². The molecule has 1 aromatic carbocycles. The monoisotopic (exact) mass is 404 g/mol. The first-order chi connectivity index (χ1) is 14.0. The SMILES string of the molecule is CCn1cc(C(=O)Nc2nc(-c3ccc(C)cc3)cs2)c(=O)c2ccc(C)nc21. The lowest BCUT2D eigenvalue weighted by atomic mass is 10.1. The van der Waals surface area contributed by atoms with Crippen molar-refractivity contribution in [2.24, 2.45) is 0 Å². The minimum absolute atomic E-state index is 0.0806. The number of aryl methyl sites for hydroxylation is 3. The van der Waals surface area contributed by atoms with E-state index in [1.54, 1.807) is 18.3 Å². The Labute approximate surface area is 171 Å². The summed E-state index contributed by atoms with van der Waals surface area (Å²) < 4.78 is 1.82. The molecule has 3 aromatic heterocycles. The van der Waals surface area contributed by atoms with Crippen LogP contribution in [0.25, 0.3) is 22.3 Å². The van der Waals surface area contributed by atoms with E-state index in [1.807, 2.05) is 55.0 Å². The van der Waals surface area contributed by atoms with Crippen molar-refractivity contribution in [2.45, 2.75) is 27.3 Å². The fourth-order valence-electron chi connectivity index (χ4n) is 3.12. The highest BCUT2D eigenvalue weighted by molar-refractivity contribution is 7.14. The van der Waals surface area contributed by atoms with Gasteiger partial charge in [0.25, 0.3) is 5.91 Å². The third-order valence-corrected chi connectivity index (χ3v) is 5.48. The number of aromatic nitrogens is 3. The van der Waals surface area contributed by atoms with Crippen molar-refractivity contribution in [3.05, 3.63) is 75.0 Å². The summed E-state index contributed by atoms with van der Waals surface area (Å²) in [5.41, 5.74) is 4.10. The van der Waals surface area contributed by atoms with Gasteiger partial charge in [0.2, 0.25) is 5.43 Å². The summed E-state index contributed by atoms with van der Waals surface area (Å²) in [6.45, 7) is 6.45. The van der Waals surface area contributed by atoms with Crippen LogP contribution in [-0.4, -0.2) is 20.4 Å². The van der Waals surface area contributed by atoms with Crippen LogP contribution in [0.5, 0.6) is 0 Å². The molecule has 1 N–H and O–H groups in total. The number of pyridine rings is 2. The number of rotatable bonds is 4. The van der Waals surface area contributed by atoms with Crippen LogP contribution in [0, 0.1) is 13.8 Å². The van der Waals surface area contributed by atoms with Crippen molar-refractivity contribution in [3.63, 3.8) is 0 Å². The lowest BCUT2D eigenvalue weighted by molar-refractivity contribution is 0.102. The molecule has 4 aromatic rings. The molecule has 0 bridgehead atoms. The van der Waals surface area contributed by atoms with Crippen molar-refractivity contribution in [1.29, 1.82) is 0 Å². The molecule has 0 saturated heterocycles. The summed E-state index contributed by atoms with van der Waals surface area (Å²) in [5, 5.41) is 5.54. The smallest absolute Gasteiger partial charge is 0.262 e. The molecule has 29 heavy (non-hydrogen) atoms.